The van der Waals surface area contributed by atoms with Gasteiger partial charge in [-0.3, -0.25) is 0 Å². The van der Waals surface area contributed by atoms with Crippen LogP contribution in [0.4, 0.5) is 18.9 Å². The van der Waals surface area contributed by atoms with Gasteiger partial charge in [-0.15, -0.1) is 0 Å². The van der Waals surface area contributed by atoms with E-state index in [1.807, 2.05) is 0 Å². The maximum atomic E-state index is 12.2. The molecule has 1 rings (SSSR count). The van der Waals surface area contributed by atoms with Gasteiger partial charge in [-0.25, -0.2) is 0 Å². The lowest BCUT2D eigenvalue weighted by atomic mass is 10.1. The fourth-order valence-corrected chi connectivity index (χ4v) is 1.06. The molecule has 1 aromatic carbocycles. The van der Waals surface area contributed by atoms with E-state index in [1.54, 1.807) is 6.92 Å². The zero-order chi connectivity index (χ0) is 10.8. The minimum absolute atomic E-state index is 0.316. The zero-order valence-corrected chi connectivity index (χ0v) is 7.56. The number of nitrogen functional groups attached to an aromatic ring is 1. The van der Waals surface area contributed by atoms with Gasteiger partial charge in [0.05, 0.1) is 12.2 Å². The van der Waals surface area contributed by atoms with E-state index in [0.29, 0.717) is 12.4 Å². The number of benzene rings is 1. The van der Waals surface area contributed by atoms with Crippen molar-refractivity contribution in [1.29, 1.82) is 0 Å². The van der Waals surface area contributed by atoms with Crippen LogP contribution in [0.5, 0.6) is 5.75 Å². The average Bonchev–Trinajstić information content (AvgIpc) is 2.02. The number of hydrogen-bond donors (Lipinski definition) is 1. The number of hydrogen-bond acceptors (Lipinski definition) is 2. The van der Waals surface area contributed by atoms with E-state index in [2.05, 4.69) is 0 Å². The molecule has 0 unspecified atom stereocenters. The average molecular weight is 205 g/mol. The van der Waals surface area contributed by atoms with E-state index < -0.39 is 11.7 Å². The number of halogens is 3. The van der Waals surface area contributed by atoms with E-state index in [1.165, 1.54) is 12.1 Å². The maximum absolute atomic E-state index is 12.2. The molecule has 0 aliphatic carbocycles. The van der Waals surface area contributed by atoms with Gasteiger partial charge in [-0.05, 0) is 19.1 Å². The highest BCUT2D eigenvalue weighted by Crippen LogP contribution is 2.35. The van der Waals surface area contributed by atoms with Crippen molar-refractivity contribution >= 4 is 5.69 Å². The van der Waals surface area contributed by atoms with Crippen molar-refractivity contribution in [3.05, 3.63) is 23.8 Å². The Kier molecular flexibility index (Phi) is 2.88. The molecule has 2 N–H and O–H groups in total. The minimum Gasteiger partial charge on any atom is -0.494 e. The maximum Gasteiger partial charge on any atom is 0.418 e. The molecule has 0 radical (unpaired) electrons. The lowest BCUT2D eigenvalue weighted by molar-refractivity contribution is -0.136. The summed E-state index contributed by atoms with van der Waals surface area (Å²) in [7, 11) is 0. The van der Waals surface area contributed by atoms with Crippen LogP contribution in [-0.4, -0.2) is 6.61 Å². The molecule has 78 valence electrons. The largest absolute Gasteiger partial charge is 0.494 e. The smallest absolute Gasteiger partial charge is 0.418 e. The molecule has 2 nitrogen and oxygen atoms in total. The van der Waals surface area contributed by atoms with E-state index >= 15 is 0 Å². The summed E-state index contributed by atoms with van der Waals surface area (Å²) in [5.41, 5.74) is 4.09. The lowest BCUT2D eigenvalue weighted by Crippen LogP contribution is -2.08. The second kappa shape index (κ2) is 3.77. The zero-order valence-electron chi connectivity index (χ0n) is 7.56. The van der Waals surface area contributed by atoms with Gasteiger partial charge in [-0.2, -0.15) is 13.2 Å². The Morgan fingerprint density at radius 2 is 2.00 bits per heavy atom. The number of alkyl halides is 3. The van der Waals surface area contributed by atoms with Gasteiger partial charge in [0, 0.05) is 11.8 Å². The van der Waals surface area contributed by atoms with Crippen molar-refractivity contribution in [2.75, 3.05) is 12.3 Å². The summed E-state index contributed by atoms with van der Waals surface area (Å²) < 4.78 is 41.7. The van der Waals surface area contributed by atoms with Crippen molar-refractivity contribution in [3.63, 3.8) is 0 Å². The fourth-order valence-electron chi connectivity index (χ4n) is 1.06. The predicted octanol–water partition coefficient (Wildman–Crippen LogP) is 2.69. The Balaban J connectivity index is 3.02. The third kappa shape index (κ3) is 2.31. The second-order valence-electron chi connectivity index (χ2n) is 2.68. The van der Waals surface area contributed by atoms with Crippen LogP contribution in [0.1, 0.15) is 12.5 Å². The molecule has 0 amide bonds. The topological polar surface area (TPSA) is 35.2 Å². The number of rotatable bonds is 2. The van der Waals surface area contributed by atoms with Crippen LogP contribution >= 0.6 is 0 Å². The van der Waals surface area contributed by atoms with E-state index in [0.717, 1.165) is 6.07 Å². The highest BCUT2D eigenvalue weighted by Gasteiger charge is 2.32. The van der Waals surface area contributed by atoms with E-state index in [9.17, 15) is 13.2 Å². The van der Waals surface area contributed by atoms with E-state index in [-0.39, 0.29) is 5.69 Å². The van der Waals surface area contributed by atoms with Crippen LogP contribution < -0.4 is 10.5 Å². The molecule has 0 heterocycles. The van der Waals surface area contributed by atoms with Gasteiger partial charge in [-0.1, -0.05) is 0 Å². The van der Waals surface area contributed by atoms with Crippen molar-refractivity contribution in [2.45, 2.75) is 13.1 Å². The summed E-state index contributed by atoms with van der Waals surface area (Å²) in [6.45, 7) is 2.14. The third-order valence-electron chi connectivity index (χ3n) is 1.64. The number of nitrogens with two attached hydrogens (primary N) is 1. The van der Waals surface area contributed by atoms with E-state index in [4.69, 9.17) is 10.5 Å². The Labute approximate surface area is 79.5 Å². The molecule has 0 atom stereocenters. The molecule has 0 aliphatic heterocycles. The van der Waals surface area contributed by atoms with Crippen molar-refractivity contribution in [2.24, 2.45) is 0 Å². The summed E-state index contributed by atoms with van der Waals surface area (Å²) in [5, 5.41) is 0. The Morgan fingerprint density at radius 3 is 2.43 bits per heavy atom. The molecule has 0 saturated carbocycles. The second-order valence-corrected chi connectivity index (χ2v) is 2.68. The van der Waals surface area contributed by atoms with Crippen LogP contribution in [0.2, 0.25) is 0 Å². The molecule has 5 heteroatoms. The standard InChI is InChI=1S/C9H10F3NO/c1-2-14-6-3-4-7(8(13)5-6)9(10,11)12/h3-5H,2,13H2,1H3. The van der Waals surface area contributed by atoms with Crippen molar-refractivity contribution < 1.29 is 17.9 Å². The van der Waals surface area contributed by atoms with Crippen LogP contribution in [0.3, 0.4) is 0 Å². The summed E-state index contributed by atoms with van der Waals surface area (Å²) in [6.07, 6.45) is -4.41. The Hall–Kier alpha value is -1.39. The Bertz CT molecular complexity index is 322. The normalized spacial score (nSPS) is 11.4. The lowest BCUT2D eigenvalue weighted by Gasteiger charge is -2.11. The molecule has 1 aromatic rings. The summed E-state index contributed by atoms with van der Waals surface area (Å²) in [4.78, 5) is 0. The molecule has 0 aliphatic rings. The number of ether oxygens (including phenoxy) is 1. The molecule has 0 fully saturated rings. The highest BCUT2D eigenvalue weighted by atomic mass is 19.4. The first-order chi connectivity index (χ1) is 6.45. The van der Waals surface area contributed by atoms with Crippen LogP contribution in [0, 0.1) is 0 Å². The van der Waals surface area contributed by atoms with Crippen LogP contribution in [0.25, 0.3) is 0 Å². The number of anilines is 1. The van der Waals surface area contributed by atoms with Crippen LogP contribution in [-0.2, 0) is 6.18 Å². The third-order valence-corrected chi connectivity index (χ3v) is 1.64. The quantitative estimate of drug-likeness (QED) is 0.753. The highest BCUT2D eigenvalue weighted by molar-refractivity contribution is 5.52. The first kappa shape index (κ1) is 10.7. The summed E-state index contributed by atoms with van der Waals surface area (Å²) in [6, 6.07) is 3.34. The first-order valence-electron chi connectivity index (χ1n) is 4.04. The predicted molar refractivity (Wildman–Crippen MR) is 47.0 cm³/mol. The van der Waals surface area contributed by atoms with Gasteiger partial charge in [0.15, 0.2) is 0 Å². The molecule has 0 saturated heterocycles. The molecule has 0 bridgehead atoms. The van der Waals surface area contributed by atoms with Crippen molar-refractivity contribution in [3.8, 4) is 5.75 Å². The van der Waals surface area contributed by atoms with Gasteiger partial charge in [0.1, 0.15) is 5.75 Å². The molecular formula is C9H10F3NO. The fraction of sp³-hybridized carbons (Fsp3) is 0.333. The SMILES string of the molecule is CCOc1ccc(C(F)(F)F)c(N)c1. The minimum atomic E-state index is -4.41. The molecule has 14 heavy (non-hydrogen) atoms. The molecule has 0 aromatic heterocycles. The molecule has 0 spiro atoms. The van der Waals surface area contributed by atoms with Crippen molar-refractivity contribution in [1.82, 2.24) is 0 Å². The summed E-state index contributed by atoms with van der Waals surface area (Å²) in [5.74, 6) is 0.345. The van der Waals surface area contributed by atoms with Gasteiger partial charge in [0.2, 0.25) is 0 Å². The van der Waals surface area contributed by atoms with Gasteiger partial charge < -0.3 is 10.5 Å². The Morgan fingerprint density at radius 1 is 1.36 bits per heavy atom. The monoisotopic (exact) mass is 205 g/mol. The first-order valence-corrected chi connectivity index (χ1v) is 4.04. The summed E-state index contributed by atoms with van der Waals surface area (Å²) >= 11 is 0. The molecular weight excluding hydrogens is 195 g/mol. The van der Waals surface area contributed by atoms with Gasteiger partial charge in [0.25, 0.3) is 0 Å². The van der Waals surface area contributed by atoms with Crippen LogP contribution in [0.15, 0.2) is 18.2 Å². The van der Waals surface area contributed by atoms with Gasteiger partial charge >= 0.3 is 6.18 Å².